The highest BCUT2D eigenvalue weighted by molar-refractivity contribution is 7.93. The van der Waals surface area contributed by atoms with Crippen molar-refractivity contribution >= 4 is 31.2 Å². The zero-order valence-corrected chi connectivity index (χ0v) is 15.5. The first-order chi connectivity index (χ1) is 12.6. The summed E-state index contributed by atoms with van der Waals surface area (Å²) < 4.78 is 55.8. The molecule has 0 spiro atoms. The summed E-state index contributed by atoms with van der Waals surface area (Å²) in [5.41, 5.74) is -0.274. The SMILES string of the molecule is COc1cc([N+](=O)[O-])ccc1S(=O)(=O)Nc1ccc(S(=O)(=O)CC#N)cc1. The largest absolute Gasteiger partial charge is 0.495 e. The lowest BCUT2D eigenvalue weighted by Crippen LogP contribution is -2.14. The number of rotatable bonds is 7. The van der Waals surface area contributed by atoms with Gasteiger partial charge in [-0.15, -0.1) is 0 Å². The molecule has 0 amide bonds. The van der Waals surface area contributed by atoms with Crippen molar-refractivity contribution in [2.24, 2.45) is 0 Å². The lowest BCUT2D eigenvalue weighted by Gasteiger charge is -2.12. The predicted molar refractivity (Wildman–Crippen MR) is 94.6 cm³/mol. The number of benzene rings is 2. The monoisotopic (exact) mass is 411 g/mol. The molecule has 0 radical (unpaired) electrons. The maximum atomic E-state index is 12.5. The van der Waals surface area contributed by atoms with Gasteiger partial charge in [-0.1, -0.05) is 0 Å². The number of anilines is 1. The molecule has 0 aliphatic rings. The molecule has 0 bridgehead atoms. The van der Waals surface area contributed by atoms with Crippen LogP contribution in [0.2, 0.25) is 0 Å². The number of nitriles is 1. The van der Waals surface area contributed by atoms with Crippen LogP contribution in [-0.2, 0) is 19.9 Å². The van der Waals surface area contributed by atoms with E-state index in [0.717, 1.165) is 30.3 Å². The number of methoxy groups -OCH3 is 1. The van der Waals surface area contributed by atoms with Gasteiger partial charge in [-0.05, 0) is 30.3 Å². The first-order valence-electron chi connectivity index (χ1n) is 7.16. The minimum absolute atomic E-state index is 0.0614. The van der Waals surface area contributed by atoms with E-state index < -0.39 is 30.5 Å². The Labute approximate surface area is 155 Å². The van der Waals surface area contributed by atoms with Crippen molar-refractivity contribution < 1.29 is 26.5 Å². The second kappa shape index (κ2) is 7.60. The van der Waals surface area contributed by atoms with E-state index in [9.17, 15) is 26.9 Å². The zero-order chi connectivity index (χ0) is 20.2. The number of nitro benzene ring substituents is 1. The highest BCUT2D eigenvalue weighted by atomic mass is 32.2. The number of non-ortho nitro benzene ring substituents is 1. The number of ether oxygens (including phenoxy) is 1. The summed E-state index contributed by atoms with van der Waals surface area (Å²) in [4.78, 5) is 9.66. The Bertz CT molecular complexity index is 1120. The number of hydrogen-bond acceptors (Lipinski definition) is 8. The van der Waals surface area contributed by atoms with E-state index in [-0.39, 0.29) is 26.9 Å². The van der Waals surface area contributed by atoms with Crippen molar-refractivity contribution in [2.75, 3.05) is 17.6 Å². The summed E-state index contributed by atoms with van der Waals surface area (Å²) in [6.45, 7) is 0. The summed E-state index contributed by atoms with van der Waals surface area (Å²) in [6.07, 6.45) is 0. The number of sulfone groups is 1. The highest BCUT2D eigenvalue weighted by Crippen LogP contribution is 2.30. The number of nitro groups is 1. The number of sulfonamides is 1. The average Bonchev–Trinajstić information content (AvgIpc) is 2.61. The van der Waals surface area contributed by atoms with E-state index >= 15 is 0 Å². The third kappa shape index (κ3) is 4.52. The molecule has 10 nitrogen and oxygen atoms in total. The topological polar surface area (TPSA) is 156 Å². The minimum atomic E-state index is -4.16. The molecule has 12 heteroatoms. The quantitative estimate of drug-likeness (QED) is 0.533. The Morgan fingerprint density at radius 2 is 1.78 bits per heavy atom. The van der Waals surface area contributed by atoms with Gasteiger partial charge in [-0.2, -0.15) is 5.26 Å². The molecule has 2 aromatic carbocycles. The molecular weight excluding hydrogens is 398 g/mol. The van der Waals surface area contributed by atoms with Crippen LogP contribution in [-0.4, -0.2) is 34.6 Å². The maximum Gasteiger partial charge on any atom is 0.273 e. The van der Waals surface area contributed by atoms with E-state index in [2.05, 4.69) is 4.72 Å². The first-order valence-corrected chi connectivity index (χ1v) is 10.3. The Kier molecular flexibility index (Phi) is 5.67. The number of nitrogens with zero attached hydrogens (tertiary/aromatic N) is 2. The van der Waals surface area contributed by atoms with Crippen LogP contribution in [0.25, 0.3) is 0 Å². The van der Waals surface area contributed by atoms with Gasteiger partial charge in [0.1, 0.15) is 16.4 Å². The van der Waals surface area contributed by atoms with E-state index in [1.165, 1.54) is 19.2 Å². The van der Waals surface area contributed by atoms with Gasteiger partial charge in [0.25, 0.3) is 15.7 Å². The molecule has 0 saturated carbocycles. The molecule has 0 saturated heterocycles. The van der Waals surface area contributed by atoms with Gasteiger partial charge in [0.05, 0.1) is 29.1 Å². The smallest absolute Gasteiger partial charge is 0.273 e. The Morgan fingerprint density at radius 3 is 2.30 bits per heavy atom. The van der Waals surface area contributed by atoms with Gasteiger partial charge in [0, 0.05) is 11.8 Å². The van der Waals surface area contributed by atoms with Crippen LogP contribution in [0.15, 0.2) is 52.3 Å². The molecule has 27 heavy (non-hydrogen) atoms. The molecule has 0 aliphatic carbocycles. The Balaban J connectivity index is 2.34. The normalized spacial score (nSPS) is 11.4. The van der Waals surface area contributed by atoms with Gasteiger partial charge >= 0.3 is 0 Å². The third-order valence-electron chi connectivity index (χ3n) is 3.37. The molecule has 2 aromatic rings. The van der Waals surface area contributed by atoms with Crippen LogP contribution in [0.5, 0.6) is 5.75 Å². The summed E-state index contributed by atoms with van der Waals surface area (Å²) in [5.74, 6) is -0.914. The molecule has 0 heterocycles. The molecule has 0 aromatic heterocycles. The molecule has 2 rings (SSSR count). The zero-order valence-electron chi connectivity index (χ0n) is 13.8. The van der Waals surface area contributed by atoms with Gasteiger partial charge in [0.2, 0.25) is 0 Å². The van der Waals surface area contributed by atoms with Crippen LogP contribution < -0.4 is 9.46 Å². The fourth-order valence-electron chi connectivity index (χ4n) is 2.10. The third-order valence-corrected chi connectivity index (χ3v) is 6.29. The fourth-order valence-corrected chi connectivity index (χ4v) is 4.20. The predicted octanol–water partition coefficient (Wildman–Crippen LogP) is 1.70. The van der Waals surface area contributed by atoms with Crippen molar-refractivity contribution in [3.8, 4) is 11.8 Å². The van der Waals surface area contributed by atoms with Crippen molar-refractivity contribution in [3.63, 3.8) is 0 Å². The van der Waals surface area contributed by atoms with Crippen molar-refractivity contribution in [3.05, 3.63) is 52.6 Å². The Hall–Kier alpha value is -3.17. The maximum absolute atomic E-state index is 12.5. The summed E-state index contributed by atoms with van der Waals surface area (Å²) in [6, 6.07) is 9.35. The van der Waals surface area contributed by atoms with Crippen molar-refractivity contribution in [1.82, 2.24) is 0 Å². The van der Waals surface area contributed by atoms with E-state index in [4.69, 9.17) is 10.00 Å². The molecule has 0 unspecified atom stereocenters. The van der Waals surface area contributed by atoms with E-state index in [0.29, 0.717) is 0 Å². The van der Waals surface area contributed by atoms with Gasteiger partial charge in [-0.25, -0.2) is 16.8 Å². The standard InChI is InChI=1S/C15H13N3O7S2/c1-25-14-10-12(18(19)20)4-7-15(14)27(23,24)17-11-2-5-13(6-3-11)26(21,22)9-8-16/h2-7,10,17H,9H2,1H3. The van der Waals surface area contributed by atoms with E-state index in [1.807, 2.05) is 0 Å². The molecule has 0 aliphatic heterocycles. The number of nitrogens with one attached hydrogen (secondary N) is 1. The molecule has 1 N–H and O–H groups in total. The fraction of sp³-hybridized carbons (Fsp3) is 0.133. The van der Waals surface area contributed by atoms with E-state index in [1.54, 1.807) is 6.07 Å². The summed E-state index contributed by atoms with van der Waals surface area (Å²) in [5, 5.41) is 19.3. The first kappa shape index (κ1) is 20.1. The van der Waals surface area contributed by atoms with Crippen molar-refractivity contribution in [2.45, 2.75) is 9.79 Å². The van der Waals surface area contributed by atoms with Gasteiger partial charge in [-0.3, -0.25) is 14.8 Å². The second-order valence-electron chi connectivity index (χ2n) is 5.14. The van der Waals surface area contributed by atoms with Gasteiger partial charge in [0.15, 0.2) is 9.84 Å². The van der Waals surface area contributed by atoms with Crippen LogP contribution in [0.1, 0.15) is 0 Å². The molecule has 0 fully saturated rings. The lowest BCUT2D eigenvalue weighted by atomic mass is 10.3. The highest BCUT2D eigenvalue weighted by Gasteiger charge is 2.23. The van der Waals surface area contributed by atoms with Crippen LogP contribution in [0.3, 0.4) is 0 Å². The summed E-state index contributed by atoms with van der Waals surface area (Å²) in [7, 11) is -6.75. The number of hydrogen-bond donors (Lipinski definition) is 1. The molecular formula is C15H13N3O7S2. The second-order valence-corrected chi connectivity index (χ2v) is 8.78. The average molecular weight is 411 g/mol. The van der Waals surface area contributed by atoms with Crippen molar-refractivity contribution in [1.29, 1.82) is 5.26 Å². The molecule has 0 atom stereocenters. The van der Waals surface area contributed by atoms with Crippen LogP contribution >= 0.6 is 0 Å². The minimum Gasteiger partial charge on any atom is -0.495 e. The Morgan fingerprint density at radius 1 is 1.15 bits per heavy atom. The van der Waals surface area contributed by atoms with Crippen LogP contribution in [0, 0.1) is 21.4 Å². The lowest BCUT2D eigenvalue weighted by molar-refractivity contribution is -0.385. The summed E-state index contributed by atoms with van der Waals surface area (Å²) >= 11 is 0. The van der Waals surface area contributed by atoms with Gasteiger partial charge < -0.3 is 4.74 Å². The van der Waals surface area contributed by atoms with Crippen LogP contribution in [0.4, 0.5) is 11.4 Å². The molecule has 142 valence electrons.